The molecule has 1 amide bonds. The van der Waals surface area contributed by atoms with Gasteiger partial charge in [-0.3, -0.25) is 14.5 Å². The topological polar surface area (TPSA) is 114 Å². The molecular formula is C27H36N2O9. The van der Waals surface area contributed by atoms with Crippen molar-refractivity contribution in [1.82, 2.24) is 4.90 Å². The molecule has 0 saturated carbocycles. The molecule has 5 aliphatic rings. The third-order valence-electron chi connectivity index (χ3n) is 8.59. The highest BCUT2D eigenvalue weighted by Crippen LogP contribution is 2.65. The molecule has 38 heavy (non-hydrogen) atoms. The molecule has 4 saturated heterocycles. The molecule has 0 unspecified atom stereocenters. The number of nitrogens with one attached hydrogen (secondary N) is 1. The molecule has 5 aliphatic heterocycles. The molecule has 1 aromatic carbocycles. The van der Waals surface area contributed by atoms with E-state index >= 15 is 0 Å². The Morgan fingerprint density at radius 1 is 1.13 bits per heavy atom. The van der Waals surface area contributed by atoms with Crippen LogP contribution in [0, 0.1) is 11.3 Å². The number of fused-ring (bicyclic) bond motifs is 4. The summed E-state index contributed by atoms with van der Waals surface area (Å²) in [6, 6.07) is 5.38. The van der Waals surface area contributed by atoms with Gasteiger partial charge < -0.3 is 38.5 Å². The van der Waals surface area contributed by atoms with E-state index in [9.17, 15) is 9.59 Å². The van der Waals surface area contributed by atoms with Crippen LogP contribution in [0.3, 0.4) is 0 Å². The van der Waals surface area contributed by atoms with Crippen LogP contribution in [0.2, 0.25) is 0 Å². The number of anilines is 1. The maximum Gasteiger partial charge on any atom is 0.312 e. The van der Waals surface area contributed by atoms with Crippen LogP contribution in [0.5, 0.6) is 5.75 Å². The van der Waals surface area contributed by atoms with Gasteiger partial charge in [0.1, 0.15) is 29.4 Å². The first-order valence-corrected chi connectivity index (χ1v) is 13.1. The molecule has 0 radical (unpaired) electrons. The van der Waals surface area contributed by atoms with Crippen molar-refractivity contribution >= 4 is 17.6 Å². The number of amides is 1. The number of ether oxygens (including phenoxy) is 7. The van der Waals surface area contributed by atoms with Crippen molar-refractivity contribution < 1.29 is 42.7 Å². The number of benzene rings is 1. The van der Waals surface area contributed by atoms with Gasteiger partial charge in [-0.1, -0.05) is 0 Å². The number of methoxy groups -OCH3 is 1. The third-order valence-corrected chi connectivity index (χ3v) is 8.59. The molecule has 7 atom stereocenters. The van der Waals surface area contributed by atoms with Gasteiger partial charge in [0.05, 0.1) is 31.8 Å². The van der Waals surface area contributed by atoms with Crippen LogP contribution in [0.25, 0.3) is 0 Å². The Labute approximate surface area is 221 Å². The third kappa shape index (κ3) is 3.36. The van der Waals surface area contributed by atoms with E-state index in [0.717, 1.165) is 0 Å². The van der Waals surface area contributed by atoms with Crippen LogP contribution < -0.4 is 10.1 Å². The quantitative estimate of drug-likeness (QED) is 0.578. The van der Waals surface area contributed by atoms with E-state index < -0.39 is 59.0 Å². The van der Waals surface area contributed by atoms with Gasteiger partial charge in [-0.05, 0) is 59.9 Å². The van der Waals surface area contributed by atoms with Crippen molar-refractivity contribution in [2.45, 2.75) is 76.3 Å². The van der Waals surface area contributed by atoms with Crippen molar-refractivity contribution in [3.8, 4) is 5.75 Å². The zero-order chi connectivity index (χ0) is 27.3. The molecule has 11 heteroatoms. The van der Waals surface area contributed by atoms with Gasteiger partial charge in [0.2, 0.25) is 0 Å². The summed E-state index contributed by atoms with van der Waals surface area (Å²) in [4.78, 5) is 30.2. The fourth-order valence-electron chi connectivity index (χ4n) is 7.36. The van der Waals surface area contributed by atoms with E-state index in [0.29, 0.717) is 17.0 Å². The lowest BCUT2D eigenvalue weighted by Crippen LogP contribution is -2.59. The highest BCUT2D eigenvalue weighted by molar-refractivity contribution is 6.09. The zero-order valence-corrected chi connectivity index (χ0v) is 22.9. The predicted octanol–water partition coefficient (Wildman–Crippen LogP) is 1.98. The lowest BCUT2D eigenvalue weighted by Gasteiger charge is -2.42. The van der Waals surface area contributed by atoms with E-state index in [-0.39, 0.29) is 25.7 Å². The number of likely N-dealkylation sites (N-methyl/N-ethyl adjacent to an activating group) is 1. The number of carbonyl (C=O) groups excluding carboxylic acids is 2. The summed E-state index contributed by atoms with van der Waals surface area (Å²) in [5, 5.41) is 3.01. The molecular weight excluding hydrogens is 496 g/mol. The van der Waals surface area contributed by atoms with Crippen molar-refractivity contribution in [3.05, 3.63) is 23.8 Å². The van der Waals surface area contributed by atoms with Gasteiger partial charge >= 0.3 is 5.97 Å². The molecule has 208 valence electrons. The van der Waals surface area contributed by atoms with Crippen molar-refractivity contribution in [1.29, 1.82) is 0 Å². The van der Waals surface area contributed by atoms with Gasteiger partial charge in [-0.2, -0.15) is 0 Å². The fraction of sp³-hybridized carbons (Fsp3) is 0.704. The first kappa shape index (κ1) is 26.0. The van der Waals surface area contributed by atoms with E-state index in [4.69, 9.17) is 33.2 Å². The Balaban J connectivity index is 1.58. The van der Waals surface area contributed by atoms with Gasteiger partial charge in [-0.25, -0.2) is 0 Å². The van der Waals surface area contributed by atoms with E-state index in [1.807, 2.05) is 45.7 Å². The summed E-state index contributed by atoms with van der Waals surface area (Å²) < 4.78 is 42.7. The first-order valence-electron chi connectivity index (χ1n) is 13.1. The van der Waals surface area contributed by atoms with Crippen molar-refractivity contribution in [3.63, 3.8) is 0 Å². The second-order valence-corrected chi connectivity index (χ2v) is 11.6. The molecule has 5 heterocycles. The molecule has 2 spiro atoms. The Morgan fingerprint density at radius 2 is 1.89 bits per heavy atom. The normalized spacial score (nSPS) is 40.5. The van der Waals surface area contributed by atoms with Crippen LogP contribution in [-0.2, 0) is 43.5 Å². The molecule has 0 aliphatic carbocycles. The number of rotatable bonds is 4. The van der Waals surface area contributed by atoms with Crippen LogP contribution >= 0.6 is 0 Å². The largest absolute Gasteiger partial charge is 0.497 e. The van der Waals surface area contributed by atoms with Crippen LogP contribution in [-0.4, -0.2) is 86.9 Å². The van der Waals surface area contributed by atoms with E-state index in [1.165, 1.54) is 0 Å². The molecule has 1 N–H and O–H groups in total. The highest BCUT2D eigenvalue weighted by atomic mass is 16.8. The first-order chi connectivity index (χ1) is 17.9. The summed E-state index contributed by atoms with van der Waals surface area (Å²) in [5.41, 5.74) is -1.22. The van der Waals surface area contributed by atoms with E-state index in [2.05, 4.69) is 5.32 Å². The van der Waals surface area contributed by atoms with E-state index in [1.54, 1.807) is 26.2 Å². The maximum atomic E-state index is 14.2. The van der Waals surface area contributed by atoms with Gasteiger partial charge in [-0.15, -0.1) is 0 Å². The fourth-order valence-corrected chi connectivity index (χ4v) is 7.36. The van der Waals surface area contributed by atoms with Crippen molar-refractivity contribution in [2.24, 2.45) is 11.3 Å². The summed E-state index contributed by atoms with van der Waals surface area (Å²) >= 11 is 0. The lowest BCUT2D eigenvalue weighted by molar-refractivity contribution is -0.241. The summed E-state index contributed by atoms with van der Waals surface area (Å²) in [5.74, 6) is -3.06. The molecule has 6 rings (SSSR count). The molecule has 1 aromatic rings. The smallest absolute Gasteiger partial charge is 0.312 e. The standard InChI is InChI=1S/C27H36N2O9/c1-8-33-21(30)18-26(13-29(6)27(18)15-11-14(32-7)9-10-16(15)28-23(27)31)19(17-12-34-24(2,3)36-17)35-22-20(26)37-25(4,5)38-22/h9-11,17-20,22H,8,12-13H2,1-7H3,(H,28,31)/t17-,18-,19+,20-,22+,26-,27+/m0/s1. The average molecular weight is 533 g/mol. The summed E-state index contributed by atoms with van der Waals surface area (Å²) in [6.45, 7) is 9.74. The zero-order valence-electron chi connectivity index (χ0n) is 22.9. The van der Waals surface area contributed by atoms with Crippen LogP contribution in [0.15, 0.2) is 18.2 Å². The summed E-state index contributed by atoms with van der Waals surface area (Å²) in [6.07, 6.45) is -2.65. The number of nitrogens with zero attached hydrogens (tertiary/aromatic N) is 1. The highest BCUT2D eigenvalue weighted by Gasteiger charge is 2.80. The lowest BCUT2D eigenvalue weighted by atomic mass is 9.62. The Hall–Kier alpha value is -2.28. The summed E-state index contributed by atoms with van der Waals surface area (Å²) in [7, 11) is 3.41. The average Bonchev–Trinajstić information content (AvgIpc) is 3.58. The minimum Gasteiger partial charge on any atom is -0.497 e. The van der Waals surface area contributed by atoms with Gasteiger partial charge in [0.15, 0.2) is 17.9 Å². The number of hydrogen-bond acceptors (Lipinski definition) is 10. The molecule has 0 aromatic heterocycles. The molecule has 11 nitrogen and oxygen atoms in total. The number of likely N-dealkylation sites (tertiary alicyclic amines) is 1. The minimum atomic E-state index is -1.41. The SMILES string of the molecule is CCOC(=O)[C@H]1[C@@]2(CN(C)[C@@]13C(=O)Nc1ccc(OC)cc13)[C@@H]([C@@H]1COC(C)(C)O1)O[C@@H]1OC(C)(C)O[C@@H]12. The van der Waals surface area contributed by atoms with Gasteiger partial charge in [0, 0.05) is 17.8 Å². The number of hydrogen-bond donors (Lipinski definition) is 1. The predicted molar refractivity (Wildman–Crippen MR) is 132 cm³/mol. The Bertz CT molecular complexity index is 1170. The second-order valence-electron chi connectivity index (χ2n) is 11.6. The Kier molecular flexibility index (Phi) is 5.71. The van der Waals surface area contributed by atoms with Gasteiger partial charge in [0.25, 0.3) is 5.91 Å². The second kappa shape index (κ2) is 8.36. The number of esters is 1. The molecule has 4 fully saturated rings. The minimum absolute atomic E-state index is 0.149. The van der Waals surface area contributed by atoms with Crippen LogP contribution in [0.4, 0.5) is 5.69 Å². The number of carbonyl (C=O) groups is 2. The van der Waals surface area contributed by atoms with Crippen LogP contribution in [0.1, 0.15) is 40.2 Å². The maximum absolute atomic E-state index is 14.2. The molecule has 0 bridgehead atoms. The Morgan fingerprint density at radius 3 is 2.55 bits per heavy atom. The monoisotopic (exact) mass is 532 g/mol. The van der Waals surface area contributed by atoms with Crippen molar-refractivity contribution in [2.75, 3.05) is 39.2 Å².